The summed E-state index contributed by atoms with van der Waals surface area (Å²) < 4.78 is 6.17. The van der Waals surface area contributed by atoms with Crippen molar-refractivity contribution in [1.29, 1.82) is 0 Å². The monoisotopic (exact) mass is 465 g/mol. The maximum absolute atomic E-state index is 12.4. The molecule has 162 valence electrons. The molecule has 1 amide bonds. The van der Waals surface area contributed by atoms with Crippen molar-refractivity contribution in [3.8, 4) is 5.75 Å². The lowest BCUT2D eigenvalue weighted by Gasteiger charge is -2.18. The van der Waals surface area contributed by atoms with E-state index < -0.39 is 5.97 Å². The van der Waals surface area contributed by atoms with Crippen LogP contribution in [0.1, 0.15) is 24.0 Å². The molecule has 9 heteroatoms. The molecule has 0 aliphatic heterocycles. The third-order valence-corrected chi connectivity index (χ3v) is 6.53. The number of rotatable bonds is 7. The molecular weight excluding hydrogens is 446 g/mol. The van der Waals surface area contributed by atoms with Gasteiger partial charge in [-0.2, -0.15) is 0 Å². The number of carbonyl (C=O) groups excluding carboxylic acids is 1. The molecule has 0 bridgehead atoms. The van der Waals surface area contributed by atoms with E-state index in [9.17, 15) is 14.7 Å². The van der Waals surface area contributed by atoms with Gasteiger partial charge in [-0.05, 0) is 42.5 Å². The Morgan fingerprint density at radius 3 is 2.53 bits per heavy atom. The molecule has 0 unspecified atom stereocenters. The minimum atomic E-state index is -0.949. The lowest BCUT2D eigenvalue weighted by Crippen LogP contribution is -2.22. The number of benzene rings is 2. The van der Waals surface area contributed by atoms with Crippen molar-refractivity contribution in [2.45, 2.75) is 13.3 Å². The number of hydrogen-bond acceptors (Lipinski definition) is 7. The van der Waals surface area contributed by atoms with Crippen molar-refractivity contribution in [2.75, 3.05) is 12.0 Å². The molecule has 2 heterocycles. The van der Waals surface area contributed by atoms with Gasteiger partial charge in [-0.1, -0.05) is 12.1 Å². The van der Waals surface area contributed by atoms with Crippen LogP contribution in [-0.2, 0) is 9.59 Å². The number of aromatic nitrogens is 2. The smallest absolute Gasteiger partial charge is 0.307 e. The molecule has 0 atom stereocenters. The minimum Gasteiger partial charge on any atom is -0.497 e. The minimum absolute atomic E-state index is 0.179. The number of hydrogen-bond donors (Lipinski definition) is 1. The molecule has 7 nitrogen and oxygen atoms in total. The van der Waals surface area contributed by atoms with E-state index in [2.05, 4.69) is 9.97 Å². The van der Waals surface area contributed by atoms with E-state index >= 15 is 0 Å². The van der Waals surface area contributed by atoms with Crippen molar-refractivity contribution in [2.24, 2.45) is 0 Å². The quantitative estimate of drug-likeness (QED) is 0.390. The van der Waals surface area contributed by atoms with Crippen LogP contribution in [0.2, 0.25) is 0 Å². The second-order valence-electron chi connectivity index (χ2n) is 6.83. The number of aliphatic carboxylic acids is 1. The van der Waals surface area contributed by atoms with Gasteiger partial charge in [0.2, 0.25) is 5.91 Å². The lowest BCUT2D eigenvalue weighted by molar-refractivity contribution is -0.135. The summed E-state index contributed by atoms with van der Waals surface area (Å²) in [5.41, 5.74) is 2.62. The van der Waals surface area contributed by atoms with Crippen LogP contribution in [0, 0.1) is 0 Å². The average molecular weight is 466 g/mol. The summed E-state index contributed by atoms with van der Waals surface area (Å²) in [5.74, 6) is -0.444. The zero-order valence-electron chi connectivity index (χ0n) is 17.3. The molecule has 4 aromatic rings. The summed E-state index contributed by atoms with van der Waals surface area (Å²) >= 11 is 2.75. The Bertz CT molecular complexity index is 1280. The average Bonchev–Trinajstić information content (AvgIpc) is 3.40. The summed E-state index contributed by atoms with van der Waals surface area (Å²) in [5, 5.41) is 12.3. The largest absolute Gasteiger partial charge is 0.497 e. The van der Waals surface area contributed by atoms with Crippen LogP contribution in [0.15, 0.2) is 53.9 Å². The molecule has 0 aliphatic carbocycles. The summed E-state index contributed by atoms with van der Waals surface area (Å²) in [7, 11) is 1.58. The zero-order valence-corrected chi connectivity index (χ0v) is 18.9. The number of nitrogens with zero attached hydrogens (tertiary/aromatic N) is 3. The van der Waals surface area contributed by atoms with Crippen LogP contribution in [0.3, 0.4) is 0 Å². The van der Waals surface area contributed by atoms with Crippen LogP contribution < -0.4 is 9.64 Å². The Labute approximate surface area is 192 Å². The van der Waals surface area contributed by atoms with E-state index in [1.165, 1.54) is 34.5 Å². The molecule has 4 rings (SSSR count). The van der Waals surface area contributed by atoms with Crippen molar-refractivity contribution in [3.05, 3.63) is 64.6 Å². The number of amides is 1. The first-order chi connectivity index (χ1) is 15.4. The molecule has 0 spiro atoms. The number of carboxylic acid groups (broad SMARTS) is 1. The summed E-state index contributed by atoms with van der Waals surface area (Å²) in [6.07, 6.45) is 1.54. The number of carboxylic acids is 1. The molecule has 0 fully saturated rings. The fraction of sp³-hybridized carbons (Fsp3) is 0.130. The normalized spacial score (nSPS) is 11.5. The molecule has 0 saturated heterocycles. The molecular formula is C23H19N3O4S2. The highest BCUT2D eigenvalue weighted by atomic mass is 32.1. The van der Waals surface area contributed by atoms with Gasteiger partial charge < -0.3 is 9.84 Å². The third kappa shape index (κ3) is 4.68. The maximum atomic E-state index is 12.4. The number of carbonyl (C=O) groups is 2. The first kappa shape index (κ1) is 21.7. The van der Waals surface area contributed by atoms with Gasteiger partial charge in [0.1, 0.15) is 10.8 Å². The van der Waals surface area contributed by atoms with Crippen molar-refractivity contribution < 1.29 is 19.4 Å². The van der Waals surface area contributed by atoms with Gasteiger partial charge in [-0.15, -0.1) is 22.7 Å². The zero-order chi connectivity index (χ0) is 22.7. The summed E-state index contributed by atoms with van der Waals surface area (Å²) in [6.45, 7) is 1.47. The predicted octanol–water partition coefficient (Wildman–Crippen LogP) is 5.46. The number of ether oxygens (including phenoxy) is 1. The first-order valence-electron chi connectivity index (χ1n) is 9.63. The number of thiazole rings is 2. The number of methoxy groups -OCH3 is 1. The van der Waals surface area contributed by atoms with Crippen molar-refractivity contribution >= 4 is 67.2 Å². The second kappa shape index (κ2) is 9.29. The standard InChI is InChI=1S/C23H19N3O4S2/c1-14(27)26(17-7-9-18(30-2)10-8-17)23-24-16(13-31-23)11-15(12-21(28)29)22-25-19-5-3-4-6-20(19)32-22/h3-11,13H,12H2,1-2H3,(H,28,29)/b15-11+. The van der Waals surface area contributed by atoms with Crippen molar-refractivity contribution in [1.82, 2.24) is 9.97 Å². The molecule has 2 aromatic heterocycles. The first-order valence-corrected chi connectivity index (χ1v) is 11.3. The van der Waals surface area contributed by atoms with Gasteiger partial charge in [0.15, 0.2) is 5.13 Å². The lowest BCUT2D eigenvalue weighted by atomic mass is 10.1. The Morgan fingerprint density at radius 2 is 1.88 bits per heavy atom. The van der Waals surface area contributed by atoms with Crippen LogP contribution in [-0.4, -0.2) is 34.1 Å². The molecule has 0 radical (unpaired) electrons. The fourth-order valence-corrected chi connectivity index (χ4v) is 4.97. The predicted molar refractivity (Wildman–Crippen MR) is 128 cm³/mol. The second-order valence-corrected chi connectivity index (χ2v) is 8.70. The van der Waals surface area contributed by atoms with E-state index in [1.54, 1.807) is 42.8 Å². The van der Waals surface area contributed by atoms with E-state index in [0.29, 0.717) is 32.8 Å². The van der Waals surface area contributed by atoms with Crippen LogP contribution >= 0.6 is 22.7 Å². The Kier molecular flexibility index (Phi) is 6.29. The molecule has 1 N–H and O–H groups in total. The third-order valence-electron chi connectivity index (χ3n) is 4.58. The highest BCUT2D eigenvalue weighted by molar-refractivity contribution is 7.19. The highest BCUT2D eigenvalue weighted by Crippen LogP contribution is 2.33. The van der Waals surface area contributed by atoms with E-state index in [0.717, 1.165) is 10.2 Å². The topological polar surface area (TPSA) is 92.6 Å². The van der Waals surface area contributed by atoms with E-state index in [1.807, 2.05) is 24.3 Å². The Morgan fingerprint density at radius 1 is 1.12 bits per heavy atom. The Hall–Kier alpha value is -3.56. The molecule has 2 aromatic carbocycles. The van der Waals surface area contributed by atoms with Crippen LogP contribution in [0.4, 0.5) is 10.8 Å². The fourth-order valence-electron chi connectivity index (χ4n) is 3.14. The summed E-state index contributed by atoms with van der Waals surface area (Å²) in [4.78, 5) is 34.5. The number of para-hydroxylation sites is 1. The molecule has 0 aliphatic rings. The number of anilines is 2. The Balaban J connectivity index is 1.69. The van der Waals surface area contributed by atoms with Gasteiger partial charge in [0, 0.05) is 17.9 Å². The maximum Gasteiger partial charge on any atom is 0.307 e. The van der Waals surface area contributed by atoms with Crippen molar-refractivity contribution in [3.63, 3.8) is 0 Å². The summed E-state index contributed by atoms with van der Waals surface area (Å²) in [6, 6.07) is 14.8. The highest BCUT2D eigenvalue weighted by Gasteiger charge is 2.19. The van der Waals surface area contributed by atoms with Gasteiger partial charge >= 0.3 is 5.97 Å². The van der Waals surface area contributed by atoms with Gasteiger partial charge in [0.05, 0.1) is 35.1 Å². The van der Waals surface area contributed by atoms with E-state index in [4.69, 9.17) is 4.74 Å². The van der Waals surface area contributed by atoms with E-state index in [-0.39, 0.29) is 12.3 Å². The van der Waals surface area contributed by atoms with Gasteiger partial charge in [-0.3, -0.25) is 14.5 Å². The number of fused-ring (bicyclic) bond motifs is 1. The molecule has 0 saturated carbocycles. The molecule has 32 heavy (non-hydrogen) atoms. The van der Waals surface area contributed by atoms with Gasteiger partial charge in [0.25, 0.3) is 0 Å². The van der Waals surface area contributed by atoms with Crippen LogP contribution in [0.5, 0.6) is 5.75 Å². The van der Waals surface area contributed by atoms with Crippen LogP contribution in [0.25, 0.3) is 21.9 Å². The van der Waals surface area contributed by atoms with Gasteiger partial charge in [-0.25, -0.2) is 9.97 Å². The SMILES string of the molecule is COc1ccc(N(C(C)=O)c2nc(/C=C(\CC(=O)O)c3nc4ccccc4s3)cs2)cc1.